The second kappa shape index (κ2) is 9.90. The number of alkyl halides is 1. The van der Waals surface area contributed by atoms with Crippen molar-refractivity contribution >= 4 is 41.1 Å². The zero-order chi connectivity index (χ0) is 23.5. The fraction of sp³-hybridized carbons (Fsp3) is 0.318. The summed E-state index contributed by atoms with van der Waals surface area (Å²) in [5.74, 6) is 0.134. The van der Waals surface area contributed by atoms with Crippen LogP contribution in [-0.2, 0) is 16.1 Å². The van der Waals surface area contributed by atoms with Gasteiger partial charge in [-0.05, 0) is 30.7 Å². The predicted molar refractivity (Wildman–Crippen MR) is 125 cm³/mol. The van der Waals surface area contributed by atoms with Gasteiger partial charge in [0.05, 0.1) is 47.8 Å². The van der Waals surface area contributed by atoms with Gasteiger partial charge in [-0.25, -0.2) is 4.79 Å². The van der Waals surface area contributed by atoms with Gasteiger partial charge in [-0.15, -0.1) is 23.4 Å². The van der Waals surface area contributed by atoms with Crippen LogP contribution in [0.5, 0.6) is 5.75 Å². The van der Waals surface area contributed by atoms with Gasteiger partial charge in [-0.2, -0.15) is 0 Å². The van der Waals surface area contributed by atoms with Gasteiger partial charge in [0.2, 0.25) is 0 Å². The topological polar surface area (TPSA) is 110 Å². The molecule has 0 saturated carbocycles. The number of carbonyl (C=O) groups excluding carboxylic acids is 2. The summed E-state index contributed by atoms with van der Waals surface area (Å²) in [4.78, 5) is 39.3. The number of thioether (sulfide) groups is 1. The van der Waals surface area contributed by atoms with Crippen molar-refractivity contribution in [2.45, 2.75) is 23.8 Å². The third-order valence-corrected chi connectivity index (χ3v) is 6.76. The van der Waals surface area contributed by atoms with Gasteiger partial charge < -0.3 is 19.9 Å². The molecule has 2 aliphatic rings. The summed E-state index contributed by atoms with van der Waals surface area (Å²) in [5, 5.41) is 12.1. The number of aliphatic hydroxyl groups is 1. The molecule has 2 atom stereocenters. The molecular weight excluding hydrogens is 470 g/mol. The SMILES string of the molecule is COc1cc(N2C[C@H](CNC(=O)C3=CCC(Cl)S3)OC2=O)ccc1-n1cccc(CO)c1=O. The summed E-state index contributed by atoms with van der Waals surface area (Å²) in [7, 11) is 1.46. The second-order valence-corrected chi connectivity index (χ2v) is 9.41. The highest BCUT2D eigenvalue weighted by molar-refractivity contribution is 8.05. The summed E-state index contributed by atoms with van der Waals surface area (Å²) in [6, 6.07) is 8.18. The van der Waals surface area contributed by atoms with Crippen LogP contribution in [0.3, 0.4) is 0 Å². The number of nitrogens with one attached hydrogen (secondary N) is 1. The van der Waals surface area contributed by atoms with Gasteiger partial charge in [0.15, 0.2) is 0 Å². The lowest BCUT2D eigenvalue weighted by molar-refractivity contribution is -0.117. The molecule has 4 rings (SSSR count). The van der Waals surface area contributed by atoms with Crippen LogP contribution in [0, 0.1) is 0 Å². The molecule has 2 aliphatic heterocycles. The average Bonchev–Trinajstić information content (AvgIpc) is 3.42. The minimum atomic E-state index is -0.543. The summed E-state index contributed by atoms with van der Waals surface area (Å²) >= 11 is 7.30. The van der Waals surface area contributed by atoms with Crippen LogP contribution >= 0.6 is 23.4 Å². The van der Waals surface area contributed by atoms with E-state index in [0.29, 0.717) is 28.5 Å². The summed E-state index contributed by atoms with van der Waals surface area (Å²) in [6.07, 6.45) is 2.94. The molecule has 2 aromatic rings. The number of carbonyl (C=O) groups is 2. The Hall–Kier alpha value is -2.95. The third-order valence-electron chi connectivity index (χ3n) is 5.26. The maximum Gasteiger partial charge on any atom is 0.414 e. The van der Waals surface area contributed by atoms with E-state index in [9.17, 15) is 19.5 Å². The smallest absolute Gasteiger partial charge is 0.414 e. The number of rotatable bonds is 7. The molecule has 1 saturated heterocycles. The lowest BCUT2D eigenvalue weighted by atomic mass is 10.2. The molecule has 3 heterocycles. The molecule has 9 nitrogen and oxygen atoms in total. The van der Waals surface area contributed by atoms with Gasteiger partial charge >= 0.3 is 6.09 Å². The number of halogens is 1. The van der Waals surface area contributed by atoms with E-state index in [1.165, 1.54) is 28.3 Å². The van der Waals surface area contributed by atoms with Crippen molar-refractivity contribution in [1.29, 1.82) is 0 Å². The van der Waals surface area contributed by atoms with Crippen molar-refractivity contribution in [3.8, 4) is 11.4 Å². The van der Waals surface area contributed by atoms with Crippen molar-refractivity contribution in [3.63, 3.8) is 0 Å². The molecule has 33 heavy (non-hydrogen) atoms. The van der Waals surface area contributed by atoms with Crippen molar-refractivity contribution in [1.82, 2.24) is 9.88 Å². The molecular formula is C22H22ClN3O6S. The molecule has 1 unspecified atom stereocenters. The minimum Gasteiger partial charge on any atom is -0.494 e. The van der Waals surface area contributed by atoms with Crippen LogP contribution < -0.4 is 20.5 Å². The molecule has 0 bridgehead atoms. The molecule has 1 aromatic heterocycles. The number of aromatic nitrogens is 1. The average molecular weight is 492 g/mol. The van der Waals surface area contributed by atoms with E-state index in [0.717, 1.165) is 0 Å². The Labute approximate surface area is 198 Å². The normalized spacial score (nSPS) is 19.9. The number of pyridine rings is 1. The highest BCUT2D eigenvalue weighted by Gasteiger charge is 2.33. The number of benzene rings is 1. The van der Waals surface area contributed by atoms with E-state index in [1.54, 1.807) is 42.6 Å². The van der Waals surface area contributed by atoms with Crippen molar-refractivity contribution in [3.05, 3.63) is 63.4 Å². The molecule has 0 spiro atoms. The molecule has 0 radical (unpaired) electrons. The number of amides is 2. The van der Waals surface area contributed by atoms with E-state index >= 15 is 0 Å². The number of anilines is 1. The first-order chi connectivity index (χ1) is 15.9. The Balaban J connectivity index is 1.47. The number of hydrogen-bond acceptors (Lipinski definition) is 7. The molecule has 11 heteroatoms. The first kappa shape index (κ1) is 23.2. The van der Waals surface area contributed by atoms with Crippen LogP contribution in [0.2, 0.25) is 0 Å². The number of cyclic esters (lactones) is 1. The van der Waals surface area contributed by atoms with E-state index in [4.69, 9.17) is 21.1 Å². The van der Waals surface area contributed by atoms with Crippen LogP contribution in [-0.4, -0.2) is 52.7 Å². The largest absolute Gasteiger partial charge is 0.494 e. The Bertz CT molecular complexity index is 1170. The predicted octanol–water partition coefficient (Wildman–Crippen LogP) is 2.37. The van der Waals surface area contributed by atoms with Gasteiger partial charge in [0.1, 0.15) is 11.9 Å². The lowest BCUT2D eigenvalue weighted by Crippen LogP contribution is -2.34. The van der Waals surface area contributed by atoms with Gasteiger partial charge in [0.25, 0.3) is 11.5 Å². The second-order valence-electron chi connectivity index (χ2n) is 7.38. The van der Waals surface area contributed by atoms with E-state index in [-0.39, 0.29) is 41.4 Å². The molecule has 2 amide bonds. The summed E-state index contributed by atoms with van der Waals surface area (Å²) in [5.41, 5.74) is 0.890. The number of ether oxygens (including phenoxy) is 2. The molecule has 0 aliphatic carbocycles. The van der Waals surface area contributed by atoms with Gasteiger partial charge in [-0.3, -0.25) is 19.1 Å². The third kappa shape index (κ3) is 4.87. The number of methoxy groups -OCH3 is 1. The molecule has 174 valence electrons. The fourth-order valence-electron chi connectivity index (χ4n) is 3.59. The summed E-state index contributed by atoms with van der Waals surface area (Å²) < 4.78 is 12.1. The van der Waals surface area contributed by atoms with Crippen molar-refractivity contribution in [2.75, 3.05) is 25.1 Å². The zero-order valence-corrected chi connectivity index (χ0v) is 19.3. The van der Waals surface area contributed by atoms with E-state index in [1.807, 2.05) is 0 Å². The van der Waals surface area contributed by atoms with Crippen LogP contribution in [0.4, 0.5) is 10.5 Å². The zero-order valence-electron chi connectivity index (χ0n) is 17.7. The number of aliphatic hydroxyl groups excluding tert-OH is 1. The molecule has 1 fully saturated rings. The Kier molecular flexibility index (Phi) is 6.96. The van der Waals surface area contributed by atoms with Crippen LogP contribution in [0.15, 0.2) is 52.3 Å². The highest BCUT2D eigenvalue weighted by atomic mass is 35.5. The Morgan fingerprint density at radius 2 is 2.18 bits per heavy atom. The van der Waals surface area contributed by atoms with Crippen molar-refractivity contribution in [2.24, 2.45) is 0 Å². The monoisotopic (exact) mass is 491 g/mol. The van der Waals surface area contributed by atoms with Crippen LogP contribution in [0.25, 0.3) is 5.69 Å². The number of nitrogens with zero attached hydrogens (tertiary/aromatic N) is 2. The molecule has 2 N–H and O–H groups in total. The Morgan fingerprint density at radius 1 is 1.36 bits per heavy atom. The van der Waals surface area contributed by atoms with Crippen LogP contribution in [0.1, 0.15) is 12.0 Å². The number of allylic oxidation sites excluding steroid dienone is 1. The maximum absolute atomic E-state index is 12.6. The Morgan fingerprint density at radius 3 is 2.88 bits per heavy atom. The van der Waals surface area contributed by atoms with Gasteiger partial charge in [-0.1, -0.05) is 6.08 Å². The highest BCUT2D eigenvalue weighted by Crippen LogP contribution is 2.34. The first-order valence-corrected chi connectivity index (χ1v) is 11.5. The number of hydrogen-bond donors (Lipinski definition) is 2. The van der Waals surface area contributed by atoms with E-state index < -0.39 is 12.2 Å². The standard InChI is InChI=1S/C22H22ClN3O6S/c1-31-17-9-14(4-5-16(17)25-8-2-3-13(12-27)21(25)29)26-11-15(32-22(26)30)10-24-20(28)18-6-7-19(23)33-18/h2-6,8-9,15,19,27H,7,10-12H2,1H3,(H,24,28)/t15-,19?/m0/s1. The summed E-state index contributed by atoms with van der Waals surface area (Å²) in [6.45, 7) is 0.0381. The lowest BCUT2D eigenvalue weighted by Gasteiger charge is -2.17. The van der Waals surface area contributed by atoms with E-state index in [2.05, 4.69) is 5.32 Å². The minimum absolute atomic E-state index is 0.134. The molecule has 1 aromatic carbocycles. The maximum atomic E-state index is 12.6. The van der Waals surface area contributed by atoms with Gasteiger partial charge in [0, 0.05) is 17.8 Å². The van der Waals surface area contributed by atoms with Crippen molar-refractivity contribution < 1.29 is 24.2 Å². The fourth-order valence-corrected chi connectivity index (χ4v) is 4.81. The first-order valence-electron chi connectivity index (χ1n) is 10.2. The quantitative estimate of drug-likeness (QED) is 0.572.